The van der Waals surface area contributed by atoms with E-state index < -0.39 is 0 Å². The first-order valence-corrected chi connectivity index (χ1v) is 10.8. The number of benzene rings is 2. The zero-order chi connectivity index (χ0) is 20.1. The van der Waals surface area contributed by atoms with E-state index in [1.807, 2.05) is 12.1 Å². The molecule has 1 fully saturated rings. The van der Waals surface area contributed by atoms with Gasteiger partial charge in [-0.05, 0) is 42.7 Å². The molecule has 0 saturated carbocycles. The molecule has 2 aliphatic rings. The van der Waals surface area contributed by atoms with Crippen LogP contribution in [0.15, 0.2) is 42.5 Å². The Hall–Kier alpha value is -2.53. The number of carbonyl (C=O) groups excluding carboxylic acids is 1. The molecule has 154 valence electrons. The summed E-state index contributed by atoms with van der Waals surface area (Å²) < 4.78 is 11.6. The van der Waals surface area contributed by atoms with Crippen molar-refractivity contribution < 1.29 is 19.2 Å². The van der Waals surface area contributed by atoms with Crippen LogP contribution in [0.4, 0.5) is 0 Å². The summed E-state index contributed by atoms with van der Waals surface area (Å²) in [6, 6.07) is 15.0. The first-order chi connectivity index (χ1) is 14.2. The molecule has 2 aliphatic heterocycles. The highest BCUT2D eigenvalue weighted by molar-refractivity contribution is 5.76. The number of likely N-dealkylation sites (tertiary alicyclic amines) is 1. The molecule has 2 heterocycles. The Morgan fingerprint density at radius 2 is 1.93 bits per heavy atom. The Morgan fingerprint density at radius 1 is 1.10 bits per heavy atom. The summed E-state index contributed by atoms with van der Waals surface area (Å²) in [5.41, 5.74) is 3.82. The third-order valence-electron chi connectivity index (χ3n) is 6.02. The van der Waals surface area contributed by atoms with Gasteiger partial charge in [-0.1, -0.05) is 24.3 Å². The minimum absolute atomic E-state index is 0.134. The minimum Gasteiger partial charge on any atom is -0.490 e. The van der Waals surface area contributed by atoms with Crippen molar-refractivity contribution in [2.75, 3.05) is 32.8 Å². The summed E-state index contributed by atoms with van der Waals surface area (Å²) in [5, 5.41) is 3.11. The van der Waals surface area contributed by atoms with Crippen LogP contribution in [-0.4, -0.2) is 38.8 Å². The summed E-state index contributed by atoms with van der Waals surface area (Å²) in [5.74, 6) is 1.81. The molecule has 0 radical (unpaired) electrons. The highest BCUT2D eigenvalue weighted by Crippen LogP contribution is 2.33. The fourth-order valence-corrected chi connectivity index (χ4v) is 4.42. The molecule has 0 spiro atoms. The van der Waals surface area contributed by atoms with Crippen LogP contribution in [-0.2, 0) is 11.2 Å². The predicted octanol–water partition coefficient (Wildman–Crippen LogP) is 2.24. The largest absolute Gasteiger partial charge is 0.490 e. The number of ether oxygens (including phenoxy) is 2. The van der Waals surface area contributed by atoms with Gasteiger partial charge in [0.2, 0.25) is 0 Å². The number of hydrogen-bond donors (Lipinski definition) is 2. The molecular formula is C24H31N2O3+. The average molecular weight is 396 g/mol. The molecule has 1 amide bonds. The number of aryl methyl sites for hydroxylation is 1. The van der Waals surface area contributed by atoms with E-state index in [2.05, 4.69) is 42.6 Å². The molecule has 1 saturated heterocycles. The number of fused-ring (bicyclic) bond motifs is 1. The van der Waals surface area contributed by atoms with Crippen LogP contribution >= 0.6 is 0 Å². The van der Waals surface area contributed by atoms with E-state index in [-0.39, 0.29) is 5.91 Å². The molecular weight excluding hydrogens is 364 g/mol. The third kappa shape index (κ3) is 4.91. The summed E-state index contributed by atoms with van der Waals surface area (Å²) in [6.45, 7) is 5.76. The molecule has 2 aromatic rings. The molecule has 5 nitrogen and oxygen atoms in total. The smallest absolute Gasteiger partial charge is 0.275 e. The first-order valence-electron chi connectivity index (χ1n) is 10.8. The van der Waals surface area contributed by atoms with Crippen LogP contribution in [0.5, 0.6) is 11.5 Å². The van der Waals surface area contributed by atoms with Gasteiger partial charge in [0, 0.05) is 31.4 Å². The van der Waals surface area contributed by atoms with Crippen molar-refractivity contribution in [1.82, 2.24) is 5.32 Å². The van der Waals surface area contributed by atoms with Crippen molar-refractivity contribution in [2.45, 2.75) is 38.6 Å². The Balaban J connectivity index is 1.33. The van der Waals surface area contributed by atoms with Gasteiger partial charge in [0.05, 0.1) is 19.8 Å². The summed E-state index contributed by atoms with van der Waals surface area (Å²) in [7, 11) is 0. The van der Waals surface area contributed by atoms with E-state index in [9.17, 15) is 4.79 Å². The van der Waals surface area contributed by atoms with E-state index >= 15 is 0 Å². The molecule has 2 N–H and O–H groups in total. The lowest BCUT2D eigenvalue weighted by Crippen LogP contribution is -3.11. The lowest BCUT2D eigenvalue weighted by molar-refractivity contribution is -0.910. The molecule has 2 aromatic carbocycles. The third-order valence-corrected chi connectivity index (χ3v) is 6.02. The van der Waals surface area contributed by atoms with Gasteiger partial charge in [0.1, 0.15) is 6.04 Å². The molecule has 0 aromatic heterocycles. The quantitative estimate of drug-likeness (QED) is 0.789. The van der Waals surface area contributed by atoms with Crippen LogP contribution in [0.3, 0.4) is 0 Å². The van der Waals surface area contributed by atoms with Gasteiger partial charge in [-0.15, -0.1) is 0 Å². The molecule has 4 rings (SSSR count). The van der Waals surface area contributed by atoms with Gasteiger partial charge in [-0.3, -0.25) is 4.79 Å². The van der Waals surface area contributed by atoms with Crippen LogP contribution in [0, 0.1) is 6.92 Å². The van der Waals surface area contributed by atoms with E-state index in [0.29, 0.717) is 32.3 Å². The van der Waals surface area contributed by atoms with Crippen LogP contribution in [0.25, 0.3) is 0 Å². The number of carbonyl (C=O) groups is 1. The monoisotopic (exact) mass is 395 g/mol. The van der Waals surface area contributed by atoms with Crippen LogP contribution < -0.4 is 19.7 Å². The van der Waals surface area contributed by atoms with Gasteiger partial charge in [0.15, 0.2) is 18.0 Å². The van der Waals surface area contributed by atoms with Gasteiger partial charge < -0.3 is 19.7 Å². The Labute approximate surface area is 173 Å². The lowest BCUT2D eigenvalue weighted by atomic mass is 10.0. The maximum absolute atomic E-state index is 12.6. The highest BCUT2D eigenvalue weighted by atomic mass is 16.5. The Morgan fingerprint density at radius 3 is 2.79 bits per heavy atom. The first kappa shape index (κ1) is 19.8. The predicted molar refractivity (Wildman–Crippen MR) is 113 cm³/mol. The molecule has 5 heteroatoms. The standard InChI is InChI=1S/C24H30N2O3/c1-18-6-2-3-7-19(18)11-12-25-24(27)17-26-13-4-8-21(26)20-9-10-22-23(16-20)29-15-5-14-28-22/h2-3,6-7,9-10,16,21H,4-5,8,11-15,17H2,1H3,(H,25,27)/p+1/t21-/m1/s1. The SMILES string of the molecule is Cc1ccccc1CCNC(=O)C[NH+]1CCC[C@@H]1c1ccc2c(c1)OCCCO2. The molecule has 0 bridgehead atoms. The Bertz CT molecular complexity index is 852. The van der Waals surface area contributed by atoms with Crippen molar-refractivity contribution in [1.29, 1.82) is 0 Å². The molecule has 1 unspecified atom stereocenters. The number of nitrogens with one attached hydrogen (secondary N) is 2. The maximum Gasteiger partial charge on any atom is 0.275 e. The molecule has 2 atom stereocenters. The van der Waals surface area contributed by atoms with Crippen LogP contribution in [0.2, 0.25) is 0 Å². The normalized spacial score (nSPS) is 20.9. The zero-order valence-corrected chi connectivity index (χ0v) is 17.2. The van der Waals surface area contributed by atoms with Crippen molar-refractivity contribution in [3.05, 3.63) is 59.2 Å². The summed E-state index contributed by atoms with van der Waals surface area (Å²) in [6.07, 6.45) is 4.03. The van der Waals surface area contributed by atoms with Crippen molar-refractivity contribution in [2.24, 2.45) is 0 Å². The van der Waals surface area contributed by atoms with Crippen molar-refractivity contribution >= 4 is 5.91 Å². The fourth-order valence-electron chi connectivity index (χ4n) is 4.42. The lowest BCUT2D eigenvalue weighted by Gasteiger charge is -2.22. The fraction of sp³-hybridized carbons (Fsp3) is 0.458. The number of rotatable bonds is 6. The van der Waals surface area contributed by atoms with Crippen molar-refractivity contribution in [3.63, 3.8) is 0 Å². The average Bonchev–Trinajstić information content (AvgIpc) is 3.04. The van der Waals surface area contributed by atoms with Gasteiger partial charge in [-0.25, -0.2) is 0 Å². The molecule has 0 aliphatic carbocycles. The second kappa shape index (κ2) is 9.31. The van der Waals surface area contributed by atoms with Crippen molar-refractivity contribution in [3.8, 4) is 11.5 Å². The number of amides is 1. The van der Waals surface area contributed by atoms with E-state index in [1.54, 1.807) is 0 Å². The summed E-state index contributed by atoms with van der Waals surface area (Å²) >= 11 is 0. The number of hydrogen-bond acceptors (Lipinski definition) is 3. The Kier molecular flexibility index (Phi) is 6.35. The van der Waals surface area contributed by atoms with E-state index in [0.717, 1.165) is 43.7 Å². The minimum atomic E-state index is 0.134. The van der Waals surface area contributed by atoms with Crippen LogP contribution in [0.1, 0.15) is 42.0 Å². The molecule has 29 heavy (non-hydrogen) atoms. The summed E-state index contributed by atoms with van der Waals surface area (Å²) in [4.78, 5) is 13.9. The second-order valence-electron chi connectivity index (χ2n) is 8.06. The maximum atomic E-state index is 12.6. The zero-order valence-electron chi connectivity index (χ0n) is 17.2. The topological polar surface area (TPSA) is 52.0 Å². The van der Waals surface area contributed by atoms with Gasteiger partial charge in [-0.2, -0.15) is 0 Å². The van der Waals surface area contributed by atoms with E-state index in [1.165, 1.54) is 21.6 Å². The number of quaternary nitrogens is 1. The van der Waals surface area contributed by atoms with Gasteiger partial charge in [0.25, 0.3) is 5.91 Å². The second-order valence-corrected chi connectivity index (χ2v) is 8.06. The van der Waals surface area contributed by atoms with E-state index in [4.69, 9.17) is 9.47 Å². The highest BCUT2D eigenvalue weighted by Gasteiger charge is 2.32. The van der Waals surface area contributed by atoms with Gasteiger partial charge >= 0.3 is 0 Å².